The van der Waals surface area contributed by atoms with Crippen molar-refractivity contribution in [1.82, 2.24) is 15.5 Å². The van der Waals surface area contributed by atoms with Crippen LogP contribution in [0.5, 0.6) is 5.75 Å². The first kappa shape index (κ1) is 22.6. The summed E-state index contributed by atoms with van der Waals surface area (Å²) in [6.07, 6.45) is 0. The van der Waals surface area contributed by atoms with Gasteiger partial charge in [-0.2, -0.15) is 4.98 Å². The molecule has 0 saturated heterocycles. The number of benzene rings is 3. The maximum atomic E-state index is 14.1. The number of nitrogens with zero attached hydrogens (tertiary/aromatic N) is 3. The van der Waals surface area contributed by atoms with Crippen molar-refractivity contribution in [3.8, 4) is 17.1 Å². The van der Waals surface area contributed by atoms with Crippen molar-refractivity contribution in [2.75, 3.05) is 12.0 Å². The van der Waals surface area contributed by atoms with Gasteiger partial charge in [0.25, 0.3) is 5.89 Å². The zero-order valence-corrected chi connectivity index (χ0v) is 19.6. The Labute approximate surface area is 205 Å². The molecule has 4 aromatic rings. The highest BCUT2D eigenvalue weighted by molar-refractivity contribution is 6.30. The van der Waals surface area contributed by atoms with Crippen LogP contribution in [0, 0.1) is 5.82 Å². The lowest BCUT2D eigenvalue weighted by atomic mass is 9.94. The van der Waals surface area contributed by atoms with Crippen LogP contribution < -0.4 is 15.0 Å². The van der Waals surface area contributed by atoms with Gasteiger partial charge in [0, 0.05) is 16.3 Å². The Morgan fingerprint density at radius 1 is 1.09 bits per heavy atom. The molecule has 0 saturated carbocycles. The molecule has 35 heavy (non-hydrogen) atoms. The zero-order valence-electron chi connectivity index (χ0n) is 18.8. The van der Waals surface area contributed by atoms with Gasteiger partial charge in [0.05, 0.1) is 24.4 Å². The summed E-state index contributed by atoms with van der Waals surface area (Å²) in [5.41, 5.74) is 2.96. The van der Waals surface area contributed by atoms with E-state index in [1.165, 1.54) is 17.0 Å². The minimum atomic E-state index is -0.708. The normalized spacial score (nSPS) is 15.8. The first-order chi connectivity index (χ1) is 16.9. The van der Waals surface area contributed by atoms with Gasteiger partial charge in [0.2, 0.25) is 5.82 Å². The molecule has 1 aromatic heterocycles. The van der Waals surface area contributed by atoms with Crippen LogP contribution in [0.1, 0.15) is 24.4 Å². The van der Waals surface area contributed by atoms with Crippen LogP contribution >= 0.6 is 11.6 Å². The van der Waals surface area contributed by atoms with Gasteiger partial charge in [-0.15, -0.1) is 0 Å². The number of rotatable bonds is 5. The molecule has 9 heteroatoms. The van der Waals surface area contributed by atoms with Gasteiger partial charge >= 0.3 is 6.03 Å². The van der Waals surface area contributed by atoms with Crippen LogP contribution in [0.3, 0.4) is 0 Å². The number of anilines is 1. The number of halogens is 2. The predicted molar refractivity (Wildman–Crippen MR) is 130 cm³/mol. The van der Waals surface area contributed by atoms with Crippen molar-refractivity contribution in [2.45, 2.75) is 13.0 Å². The highest BCUT2D eigenvalue weighted by atomic mass is 35.5. The summed E-state index contributed by atoms with van der Waals surface area (Å²) in [5.74, 6) is 0.790. The number of amides is 2. The molecule has 1 aliphatic rings. The van der Waals surface area contributed by atoms with Gasteiger partial charge in [-0.3, -0.25) is 4.90 Å². The van der Waals surface area contributed by atoms with Gasteiger partial charge in [-0.05, 0) is 61.0 Å². The molecule has 2 heterocycles. The van der Waals surface area contributed by atoms with E-state index in [1.54, 1.807) is 56.5 Å². The fourth-order valence-electron chi connectivity index (χ4n) is 4.07. The largest absolute Gasteiger partial charge is 0.497 e. The lowest BCUT2D eigenvalue weighted by molar-refractivity contribution is 0.244. The molecule has 0 fully saturated rings. The van der Waals surface area contributed by atoms with Crippen LogP contribution in [-0.2, 0) is 0 Å². The second-order valence-corrected chi connectivity index (χ2v) is 8.34. The van der Waals surface area contributed by atoms with Crippen LogP contribution in [0.4, 0.5) is 14.9 Å². The van der Waals surface area contributed by atoms with Crippen molar-refractivity contribution in [2.24, 2.45) is 0 Å². The number of aromatic nitrogens is 2. The first-order valence-corrected chi connectivity index (χ1v) is 11.1. The standard InChI is InChI=1S/C26H20ClFN4O3/c1-15-22(25-30-24(31-35-25)17-6-4-8-21(14-17)34-2)23(16-5-3-7-19(28)13-16)29-26(33)32(15)20-11-9-18(27)10-12-20/h3-14,23H,1-2H3,(H,29,33). The summed E-state index contributed by atoms with van der Waals surface area (Å²) < 4.78 is 25.1. The lowest BCUT2D eigenvalue weighted by Crippen LogP contribution is -2.46. The molecule has 0 bridgehead atoms. The van der Waals surface area contributed by atoms with Crippen molar-refractivity contribution < 1.29 is 18.4 Å². The maximum absolute atomic E-state index is 14.1. The molecular formula is C26H20ClFN4O3. The van der Waals surface area contributed by atoms with Crippen molar-refractivity contribution >= 4 is 28.9 Å². The molecule has 0 aliphatic carbocycles. The monoisotopic (exact) mass is 490 g/mol. The molecular weight excluding hydrogens is 471 g/mol. The molecule has 1 N–H and O–H groups in total. The summed E-state index contributed by atoms with van der Waals surface area (Å²) in [7, 11) is 1.58. The summed E-state index contributed by atoms with van der Waals surface area (Å²) in [6, 6.07) is 19.1. The third kappa shape index (κ3) is 4.36. The van der Waals surface area contributed by atoms with Gasteiger partial charge in [-0.25, -0.2) is 9.18 Å². The van der Waals surface area contributed by atoms with Crippen LogP contribution in [0.15, 0.2) is 83.0 Å². The summed E-state index contributed by atoms with van der Waals surface area (Å²) in [6.45, 7) is 1.78. The number of nitrogens with one attached hydrogen (secondary N) is 1. The Hall–Kier alpha value is -4.17. The van der Waals surface area contributed by atoms with Gasteiger partial charge in [0.1, 0.15) is 11.6 Å². The average molecular weight is 491 g/mol. The summed E-state index contributed by atoms with van der Waals surface area (Å²) in [4.78, 5) is 19.3. The van der Waals surface area contributed by atoms with Crippen LogP contribution in [0.25, 0.3) is 17.0 Å². The van der Waals surface area contributed by atoms with E-state index in [1.807, 2.05) is 18.2 Å². The van der Waals surface area contributed by atoms with Crippen molar-refractivity contribution in [3.63, 3.8) is 0 Å². The minimum absolute atomic E-state index is 0.202. The Morgan fingerprint density at radius 3 is 2.60 bits per heavy atom. The second kappa shape index (κ2) is 9.23. The Morgan fingerprint density at radius 2 is 1.86 bits per heavy atom. The summed E-state index contributed by atoms with van der Waals surface area (Å²) in [5, 5.41) is 7.64. The number of methoxy groups -OCH3 is 1. The molecule has 1 unspecified atom stereocenters. The van der Waals surface area contributed by atoms with Crippen LogP contribution in [-0.4, -0.2) is 23.3 Å². The molecule has 1 aliphatic heterocycles. The van der Waals surface area contributed by atoms with E-state index in [9.17, 15) is 9.18 Å². The first-order valence-electron chi connectivity index (χ1n) is 10.8. The Bertz CT molecular complexity index is 1430. The fraction of sp³-hybridized carbons (Fsp3) is 0.115. The molecule has 7 nitrogen and oxygen atoms in total. The zero-order chi connectivity index (χ0) is 24.5. The van der Waals surface area contributed by atoms with Crippen LogP contribution in [0.2, 0.25) is 5.02 Å². The molecule has 0 spiro atoms. The number of urea groups is 1. The van der Waals surface area contributed by atoms with Gasteiger partial charge in [-0.1, -0.05) is 41.0 Å². The third-order valence-corrected chi connectivity index (χ3v) is 5.99. The highest BCUT2D eigenvalue weighted by Crippen LogP contribution is 2.39. The number of hydrogen-bond acceptors (Lipinski definition) is 5. The minimum Gasteiger partial charge on any atom is -0.497 e. The number of carbonyl (C=O) groups excluding carboxylic acids is 1. The van der Waals surface area contributed by atoms with Gasteiger partial charge in [0.15, 0.2) is 0 Å². The van der Waals surface area contributed by atoms with E-state index < -0.39 is 11.9 Å². The molecule has 2 amide bonds. The van der Waals surface area contributed by atoms with E-state index in [2.05, 4.69) is 15.5 Å². The number of allylic oxidation sites excluding steroid dienone is 1. The maximum Gasteiger partial charge on any atom is 0.326 e. The van der Waals surface area contributed by atoms with E-state index in [4.69, 9.17) is 20.9 Å². The lowest BCUT2D eigenvalue weighted by Gasteiger charge is -2.35. The van der Waals surface area contributed by atoms with E-state index in [-0.39, 0.29) is 11.9 Å². The quantitative estimate of drug-likeness (QED) is 0.358. The SMILES string of the molecule is COc1cccc(-c2noc(C3=C(C)N(c4ccc(Cl)cc4)C(=O)NC3c3cccc(F)c3)n2)c1. The number of ether oxygens (including phenoxy) is 1. The highest BCUT2D eigenvalue weighted by Gasteiger charge is 2.36. The molecule has 176 valence electrons. The Kier molecular flexibility index (Phi) is 5.96. The molecule has 0 radical (unpaired) electrons. The molecule has 1 atom stereocenters. The van der Waals surface area contributed by atoms with E-state index >= 15 is 0 Å². The number of hydrogen-bond donors (Lipinski definition) is 1. The summed E-state index contributed by atoms with van der Waals surface area (Å²) >= 11 is 6.04. The molecule has 5 rings (SSSR count). The smallest absolute Gasteiger partial charge is 0.326 e. The van der Waals surface area contributed by atoms with Crippen molar-refractivity contribution in [3.05, 3.63) is 101 Å². The third-order valence-electron chi connectivity index (χ3n) is 5.74. The van der Waals surface area contributed by atoms with Gasteiger partial charge < -0.3 is 14.6 Å². The van der Waals surface area contributed by atoms with Crippen molar-refractivity contribution in [1.29, 1.82) is 0 Å². The predicted octanol–water partition coefficient (Wildman–Crippen LogP) is 6.24. The van der Waals surface area contributed by atoms with E-state index in [0.29, 0.717) is 44.7 Å². The Balaban J connectivity index is 1.65. The molecule has 3 aromatic carbocycles. The topological polar surface area (TPSA) is 80.5 Å². The second-order valence-electron chi connectivity index (χ2n) is 7.90. The number of carbonyl (C=O) groups is 1. The fourth-order valence-corrected chi connectivity index (χ4v) is 4.20. The average Bonchev–Trinajstić information content (AvgIpc) is 3.35. The van der Waals surface area contributed by atoms with E-state index in [0.717, 1.165) is 0 Å².